The lowest BCUT2D eigenvalue weighted by Gasteiger charge is -2.38. The van der Waals surface area contributed by atoms with Crippen molar-refractivity contribution in [2.45, 2.75) is 26.0 Å². The molecule has 1 aromatic rings. The topological polar surface area (TPSA) is 75.2 Å². The lowest BCUT2D eigenvalue weighted by molar-refractivity contribution is 0.0341. The van der Waals surface area contributed by atoms with Crippen molar-refractivity contribution >= 4 is 11.5 Å². The van der Waals surface area contributed by atoms with E-state index < -0.39 is 0 Å². The van der Waals surface area contributed by atoms with Crippen molar-refractivity contribution in [1.82, 2.24) is 4.98 Å². The Hall–Kier alpha value is -1.80. The summed E-state index contributed by atoms with van der Waals surface area (Å²) in [5.74, 6) is 0.687. The maximum absolute atomic E-state index is 8.96. The smallest absolute Gasteiger partial charge is 0.153 e. The third kappa shape index (κ3) is 2.17. The van der Waals surface area contributed by atoms with E-state index in [1.54, 1.807) is 12.3 Å². The van der Waals surface area contributed by atoms with Crippen LogP contribution in [0.5, 0.6) is 0 Å². The molecule has 0 bridgehead atoms. The van der Waals surface area contributed by atoms with E-state index in [0.717, 1.165) is 6.54 Å². The van der Waals surface area contributed by atoms with Crippen LogP contribution < -0.4 is 10.6 Å². The molecular formula is C12H16N4O. The minimum absolute atomic E-state index is 0.151. The molecule has 2 N–H and O–H groups in total. The molecule has 1 saturated heterocycles. The molecule has 1 aliphatic heterocycles. The van der Waals surface area contributed by atoms with Crippen molar-refractivity contribution in [3.05, 3.63) is 17.8 Å². The van der Waals surface area contributed by atoms with Crippen LogP contribution in [0, 0.1) is 11.3 Å². The Labute approximate surface area is 101 Å². The Balaban J connectivity index is 2.36. The molecule has 5 heteroatoms. The van der Waals surface area contributed by atoms with Gasteiger partial charge in [0.25, 0.3) is 0 Å². The second-order valence-corrected chi connectivity index (χ2v) is 4.35. The minimum Gasteiger partial charge on any atom is -0.395 e. The summed E-state index contributed by atoms with van der Waals surface area (Å²) in [6, 6.07) is 3.93. The van der Waals surface area contributed by atoms with Crippen LogP contribution in [0.4, 0.5) is 11.5 Å². The van der Waals surface area contributed by atoms with Crippen LogP contribution in [0.3, 0.4) is 0 Å². The molecule has 0 amide bonds. The fraction of sp³-hybridized carbons (Fsp3) is 0.500. The zero-order valence-corrected chi connectivity index (χ0v) is 10.1. The Morgan fingerprint density at radius 3 is 3.06 bits per heavy atom. The van der Waals surface area contributed by atoms with Gasteiger partial charge in [0.2, 0.25) is 0 Å². The molecule has 2 atom stereocenters. The summed E-state index contributed by atoms with van der Waals surface area (Å²) in [5, 5.41) is 8.96. The Kier molecular flexibility index (Phi) is 3.16. The van der Waals surface area contributed by atoms with Gasteiger partial charge in [-0.3, -0.25) is 0 Å². The highest BCUT2D eigenvalue weighted by Gasteiger charge is 2.26. The number of pyridine rings is 1. The van der Waals surface area contributed by atoms with Gasteiger partial charge in [-0.1, -0.05) is 0 Å². The molecule has 2 rings (SSSR count). The second kappa shape index (κ2) is 4.60. The monoisotopic (exact) mass is 232 g/mol. The summed E-state index contributed by atoms with van der Waals surface area (Å²) in [4.78, 5) is 6.39. The highest BCUT2D eigenvalue weighted by molar-refractivity contribution is 5.70. The number of ether oxygens (including phenoxy) is 1. The van der Waals surface area contributed by atoms with Crippen LogP contribution in [0.25, 0.3) is 0 Å². The van der Waals surface area contributed by atoms with Gasteiger partial charge in [0, 0.05) is 12.7 Å². The highest BCUT2D eigenvalue weighted by atomic mass is 16.5. The van der Waals surface area contributed by atoms with E-state index in [-0.39, 0.29) is 12.1 Å². The first kappa shape index (κ1) is 11.7. The van der Waals surface area contributed by atoms with Gasteiger partial charge in [-0.15, -0.1) is 0 Å². The Morgan fingerprint density at radius 1 is 1.59 bits per heavy atom. The molecule has 2 unspecified atom stereocenters. The van der Waals surface area contributed by atoms with E-state index in [1.165, 1.54) is 0 Å². The van der Waals surface area contributed by atoms with Gasteiger partial charge in [-0.2, -0.15) is 5.26 Å². The zero-order valence-electron chi connectivity index (χ0n) is 10.1. The average molecular weight is 232 g/mol. The molecule has 5 nitrogen and oxygen atoms in total. The van der Waals surface area contributed by atoms with Gasteiger partial charge in [-0.05, 0) is 19.9 Å². The van der Waals surface area contributed by atoms with Crippen molar-refractivity contribution in [2.75, 3.05) is 23.8 Å². The van der Waals surface area contributed by atoms with E-state index in [4.69, 9.17) is 15.7 Å². The first-order valence-corrected chi connectivity index (χ1v) is 5.66. The van der Waals surface area contributed by atoms with Gasteiger partial charge < -0.3 is 15.4 Å². The number of anilines is 2. The number of nitrogens with zero attached hydrogens (tertiary/aromatic N) is 3. The van der Waals surface area contributed by atoms with Crippen LogP contribution in [-0.4, -0.2) is 30.3 Å². The summed E-state index contributed by atoms with van der Waals surface area (Å²) in [5.41, 5.74) is 6.89. The number of hydrogen-bond acceptors (Lipinski definition) is 5. The van der Waals surface area contributed by atoms with Crippen molar-refractivity contribution < 1.29 is 4.74 Å². The van der Waals surface area contributed by atoms with Crippen LogP contribution in [0.1, 0.15) is 19.4 Å². The number of nitriles is 1. The molecule has 0 saturated carbocycles. The van der Waals surface area contributed by atoms with Crippen molar-refractivity contribution in [3.63, 3.8) is 0 Å². The molecule has 0 radical (unpaired) electrons. The van der Waals surface area contributed by atoms with Gasteiger partial charge >= 0.3 is 0 Å². The third-order valence-corrected chi connectivity index (χ3v) is 2.97. The first-order valence-electron chi connectivity index (χ1n) is 5.66. The summed E-state index contributed by atoms with van der Waals surface area (Å²) in [6.45, 7) is 5.47. The maximum Gasteiger partial charge on any atom is 0.153 e. The quantitative estimate of drug-likeness (QED) is 0.786. The van der Waals surface area contributed by atoms with Gasteiger partial charge in [0.1, 0.15) is 6.07 Å². The molecule has 17 heavy (non-hydrogen) atoms. The molecule has 0 aromatic carbocycles. The molecule has 1 aliphatic rings. The summed E-state index contributed by atoms with van der Waals surface area (Å²) >= 11 is 0. The van der Waals surface area contributed by atoms with Crippen molar-refractivity contribution in [3.8, 4) is 6.07 Å². The average Bonchev–Trinajstić information content (AvgIpc) is 2.33. The molecule has 0 spiro atoms. The third-order valence-electron chi connectivity index (χ3n) is 2.97. The molecule has 1 fully saturated rings. The van der Waals surface area contributed by atoms with Crippen LogP contribution in [-0.2, 0) is 4.74 Å². The van der Waals surface area contributed by atoms with Crippen LogP contribution in [0.2, 0.25) is 0 Å². The maximum atomic E-state index is 8.96. The summed E-state index contributed by atoms with van der Waals surface area (Å²) < 4.78 is 5.56. The van der Waals surface area contributed by atoms with E-state index in [1.807, 2.05) is 6.92 Å². The predicted octanol–water partition coefficient (Wildman–Crippen LogP) is 1.15. The lowest BCUT2D eigenvalue weighted by Crippen LogP contribution is -2.48. The number of hydrogen-bond donors (Lipinski definition) is 1. The fourth-order valence-corrected chi connectivity index (χ4v) is 1.99. The summed E-state index contributed by atoms with van der Waals surface area (Å²) in [7, 11) is 0. The van der Waals surface area contributed by atoms with Gasteiger partial charge in [-0.25, -0.2) is 4.98 Å². The van der Waals surface area contributed by atoms with E-state index in [0.29, 0.717) is 23.7 Å². The van der Waals surface area contributed by atoms with Crippen LogP contribution in [0.15, 0.2) is 12.3 Å². The zero-order chi connectivity index (χ0) is 12.4. The van der Waals surface area contributed by atoms with Crippen LogP contribution >= 0.6 is 0 Å². The number of rotatable bonds is 1. The number of nitrogen functional groups attached to an aromatic ring is 1. The fourth-order valence-electron chi connectivity index (χ4n) is 1.99. The minimum atomic E-state index is 0.151. The molecule has 0 aliphatic carbocycles. The molecule has 2 heterocycles. The highest BCUT2D eigenvalue weighted by Crippen LogP contribution is 2.27. The van der Waals surface area contributed by atoms with Gasteiger partial charge in [0.05, 0.1) is 30.0 Å². The molecule has 90 valence electrons. The standard InChI is InChI=1S/C12H16N4O/c1-8-7-17-9(2)6-16(8)12-11(14)10(5-13)3-4-15-12/h3-4,8-9H,6-7,14H2,1-2H3. The number of aromatic nitrogens is 1. The first-order chi connectivity index (χ1) is 8.13. The van der Waals surface area contributed by atoms with Crippen molar-refractivity contribution in [1.29, 1.82) is 5.26 Å². The van der Waals surface area contributed by atoms with Crippen molar-refractivity contribution in [2.24, 2.45) is 0 Å². The lowest BCUT2D eigenvalue weighted by atomic mass is 10.1. The van der Waals surface area contributed by atoms with E-state index in [9.17, 15) is 0 Å². The van der Waals surface area contributed by atoms with E-state index >= 15 is 0 Å². The van der Waals surface area contributed by atoms with E-state index in [2.05, 4.69) is 22.9 Å². The Morgan fingerprint density at radius 2 is 2.35 bits per heavy atom. The Bertz CT molecular complexity index is 454. The predicted molar refractivity (Wildman–Crippen MR) is 65.6 cm³/mol. The van der Waals surface area contributed by atoms with Gasteiger partial charge in [0.15, 0.2) is 5.82 Å². The molecular weight excluding hydrogens is 216 g/mol. The number of nitrogens with two attached hydrogens (primary N) is 1. The largest absolute Gasteiger partial charge is 0.395 e. The number of morpholine rings is 1. The summed E-state index contributed by atoms with van der Waals surface area (Å²) in [6.07, 6.45) is 1.77. The normalized spacial score (nSPS) is 24.4. The molecule has 1 aromatic heterocycles. The second-order valence-electron chi connectivity index (χ2n) is 4.35. The SMILES string of the molecule is CC1CN(c2nccc(C#N)c2N)C(C)CO1.